The van der Waals surface area contributed by atoms with Crippen LogP contribution in [0.1, 0.15) is 62.5 Å². The number of ether oxygens (including phenoxy) is 1. The Kier molecular flexibility index (Phi) is 6.95. The first kappa shape index (κ1) is 16.1. The van der Waals surface area contributed by atoms with Gasteiger partial charge in [-0.25, -0.2) is 9.97 Å². The third-order valence-electron chi connectivity index (χ3n) is 3.38. The molecule has 1 heterocycles. The number of nitrogens with zero attached hydrogens (tertiary/aromatic N) is 2. The lowest BCUT2D eigenvalue weighted by molar-refractivity contribution is 0.0871. The summed E-state index contributed by atoms with van der Waals surface area (Å²) >= 11 is 0. The van der Waals surface area contributed by atoms with Crippen LogP contribution in [0.25, 0.3) is 0 Å². The van der Waals surface area contributed by atoms with E-state index in [0.29, 0.717) is 6.54 Å². The smallest absolute Gasteiger partial charge is 0.157 e. The molecule has 0 aliphatic rings. The molecular weight excluding hydrogens is 238 g/mol. The predicted octanol–water partition coefficient (Wildman–Crippen LogP) is 2.59. The van der Waals surface area contributed by atoms with Crippen LogP contribution in [0, 0.1) is 0 Å². The van der Waals surface area contributed by atoms with Gasteiger partial charge in [0.1, 0.15) is 6.10 Å². The van der Waals surface area contributed by atoms with E-state index in [4.69, 9.17) is 20.4 Å². The molecule has 1 unspecified atom stereocenters. The third kappa shape index (κ3) is 3.98. The Bertz CT molecular complexity index is 368. The summed E-state index contributed by atoms with van der Waals surface area (Å²) in [6.07, 6.45) is 4.72. The summed E-state index contributed by atoms with van der Waals surface area (Å²) in [6, 6.07) is 0. The van der Waals surface area contributed by atoms with Gasteiger partial charge in [0.05, 0.1) is 0 Å². The fraction of sp³-hybridized carbons (Fsp3) is 0.733. The Balaban J connectivity index is 3.20. The molecule has 1 aromatic rings. The second kappa shape index (κ2) is 8.23. The number of aryl methyl sites for hydroxylation is 2. The summed E-state index contributed by atoms with van der Waals surface area (Å²) in [5.41, 5.74) is 9.20. The van der Waals surface area contributed by atoms with Crippen LogP contribution in [-0.2, 0) is 24.0 Å². The summed E-state index contributed by atoms with van der Waals surface area (Å²) in [7, 11) is 1.73. The summed E-state index contributed by atoms with van der Waals surface area (Å²) in [5.74, 6) is 0.832. The molecule has 2 N–H and O–H groups in total. The number of nitrogens with two attached hydrogens (primary N) is 1. The van der Waals surface area contributed by atoms with E-state index in [0.717, 1.165) is 49.3 Å². The Morgan fingerprint density at radius 3 is 2.05 bits per heavy atom. The summed E-state index contributed by atoms with van der Waals surface area (Å²) < 4.78 is 5.53. The molecular formula is C15H27N3O. The normalized spacial score (nSPS) is 12.7. The Morgan fingerprint density at radius 1 is 1.11 bits per heavy atom. The molecule has 4 heteroatoms. The minimum absolute atomic E-state index is 0.00697. The maximum absolute atomic E-state index is 5.70. The minimum Gasteiger partial charge on any atom is -0.373 e. The monoisotopic (exact) mass is 265 g/mol. The molecule has 1 aromatic heterocycles. The lowest BCUT2D eigenvalue weighted by Crippen LogP contribution is -2.16. The summed E-state index contributed by atoms with van der Waals surface area (Å²) in [4.78, 5) is 9.43. The lowest BCUT2D eigenvalue weighted by Gasteiger charge is -2.18. The van der Waals surface area contributed by atoms with E-state index < -0.39 is 0 Å². The van der Waals surface area contributed by atoms with Crippen LogP contribution in [0.3, 0.4) is 0 Å². The second-order valence-electron chi connectivity index (χ2n) is 4.71. The number of rotatable bonds is 8. The van der Waals surface area contributed by atoms with Gasteiger partial charge in [-0.3, -0.25) is 0 Å². The second-order valence-corrected chi connectivity index (χ2v) is 4.71. The first-order valence-electron chi connectivity index (χ1n) is 7.33. The molecule has 0 saturated carbocycles. The van der Waals surface area contributed by atoms with E-state index in [2.05, 4.69) is 20.8 Å². The number of hydrogen-bond acceptors (Lipinski definition) is 4. The Hall–Kier alpha value is -1.00. The molecule has 4 nitrogen and oxygen atoms in total. The standard InChI is InChI=1S/C15H27N3O/c1-5-8-14(19-4)15-17-12(6-2)11(9-10-16)13(7-3)18-15/h14H,5-10,16H2,1-4H3. The Labute approximate surface area is 116 Å². The van der Waals surface area contributed by atoms with Crippen LogP contribution in [0.15, 0.2) is 0 Å². The highest BCUT2D eigenvalue weighted by molar-refractivity contribution is 5.27. The zero-order chi connectivity index (χ0) is 14.3. The molecule has 0 saturated heterocycles. The molecule has 0 radical (unpaired) electrons. The van der Waals surface area contributed by atoms with Gasteiger partial charge in [-0.05, 0) is 37.8 Å². The van der Waals surface area contributed by atoms with Gasteiger partial charge in [-0.15, -0.1) is 0 Å². The molecule has 0 bridgehead atoms. The molecule has 1 atom stereocenters. The molecule has 108 valence electrons. The fourth-order valence-corrected chi connectivity index (χ4v) is 2.38. The molecule has 0 fully saturated rings. The van der Waals surface area contributed by atoms with Crippen molar-refractivity contribution >= 4 is 0 Å². The molecule has 1 rings (SSSR count). The van der Waals surface area contributed by atoms with E-state index >= 15 is 0 Å². The highest BCUT2D eigenvalue weighted by atomic mass is 16.5. The van der Waals surface area contributed by atoms with Crippen molar-refractivity contribution in [1.29, 1.82) is 0 Å². The molecule has 0 spiro atoms. The highest BCUT2D eigenvalue weighted by Crippen LogP contribution is 2.22. The van der Waals surface area contributed by atoms with Gasteiger partial charge in [-0.1, -0.05) is 27.2 Å². The van der Waals surface area contributed by atoms with Gasteiger partial charge in [0, 0.05) is 18.5 Å². The predicted molar refractivity (Wildman–Crippen MR) is 78.2 cm³/mol. The van der Waals surface area contributed by atoms with Crippen molar-refractivity contribution in [2.24, 2.45) is 5.73 Å². The number of aromatic nitrogens is 2. The Morgan fingerprint density at radius 2 is 1.68 bits per heavy atom. The van der Waals surface area contributed by atoms with E-state index in [-0.39, 0.29) is 6.10 Å². The highest BCUT2D eigenvalue weighted by Gasteiger charge is 2.17. The number of hydrogen-bond donors (Lipinski definition) is 1. The first-order valence-corrected chi connectivity index (χ1v) is 7.33. The van der Waals surface area contributed by atoms with Crippen LogP contribution in [0.2, 0.25) is 0 Å². The van der Waals surface area contributed by atoms with Gasteiger partial charge in [-0.2, -0.15) is 0 Å². The zero-order valence-electron chi connectivity index (χ0n) is 12.7. The SMILES string of the molecule is CCCC(OC)c1nc(CC)c(CCN)c(CC)n1. The van der Waals surface area contributed by atoms with Crippen molar-refractivity contribution < 1.29 is 4.74 Å². The number of methoxy groups -OCH3 is 1. The molecule has 0 amide bonds. The largest absolute Gasteiger partial charge is 0.373 e. The van der Waals surface area contributed by atoms with Gasteiger partial charge in [0.15, 0.2) is 5.82 Å². The van der Waals surface area contributed by atoms with Crippen molar-refractivity contribution in [1.82, 2.24) is 9.97 Å². The van der Waals surface area contributed by atoms with Crippen LogP contribution < -0.4 is 5.73 Å². The summed E-state index contributed by atoms with van der Waals surface area (Å²) in [5, 5.41) is 0. The average molecular weight is 265 g/mol. The first-order chi connectivity index (χ1) is 9.21. The van der Waals surface area contributed by atoms with E-state index in [9.17, 15) is 0 Å². The fourth-order valence-electron chi connectivity index (χ4n) is 2.38. The minimum atomic E-state index is 0.00697. The zero-order valence-corrected chi connectivity index (χ0v) is 12.7. The van der Waals surface area contributed by atoms with Crippen molar-refractivity contribution in [2.45, 2.75) is 59.0 Å². The molecule has 19 heavy (non-hydrogen) atoms. The van der Waals surface area contributed by atoms with Crippen molar-refractivity contribution in [3.8, 4) is 0 Å². The van der Waals surface area contributed by atoms with E-state index in [1.165, 1.54) is 5.56 Å². The maximum Gasteiger partial charge on any atom is 0.157 e. The maximum atomic E-state index is 5.70. The van der Waals surface area contributed by atoms with Gasteiger partial charge < -0.3 is 10.5 Å². The van der Waals surface area contributed by atoms with Gasteiger partial charge >= 0.3 is 0 Å². The molecule has 0 aliphatic heterocycles. The van der Waals surface area contributed by atoms with E-state index in [1.54, 1.807) is 7.11 Å². The van der Waals surface area contributed by atoms with Crippen LogP contribution in [-0.4, -0.2) is 23.6 Å². The third-order valence-corrected chi connectivity index (χ3v) is 3.38. The molecule has 0 aromatic carbocycles. The average Bonchev–Trinajstić information content (AvgIpc) is 2.45. The lowest BCUT2D eigenvalue weighted by atomic mass is 10.0. The van der Waals surface area contributed by atoms with Crippen LogP contribution in [0.4, 0.5) is 0 Å². The summed E-state index contributed by atoms with van der Waals surface area (Å²) in [6.45, 7) is 7.06. The van der Waals surface area contributed by atoms with Crippen LogP contribution >= 0.6 is 0 Å². The van der Waals surface area contributed by atoms with Crippen molar-refractivity contribution in [3.63, 3.8) is 0 Å². The van der Waals surface area contributed by atoms with Crippen molar-refractivity contribution in [3.05, 3.63) is 22.8 Å². The van der Waals surface area contributed by atoms with Gasteiger partial charge in [0.25, 0.3) is 0 Å². The van der Waals surface area contributed by atoms with Gasteiger partial charge in [0.2, 0.25) is 0 Å². The van der Waals surface area contributed by atoms with E-state index in [1.807, 2.05) is 0 Å². The topological polar surface area (TPSA) is 61.0 Å². The van der Waals surface area contributed by atoms with Crippen molar-refractivity contribution in [2.75, 3.05) is 13.7 Å². The molecule has 0 aliphatic carbocycles. The quantitative estimate of drug-likeness (QED) is 0.785. The van der Waals surface area contributed by atoms with Crippen LogP contribution in [0.5, 0.6) is 0 Å².